The number of nitrogens with zero attached hydrogens (tertiary/aromatic N) is 2. The quantitative estimate of drug-likeness (QED) is 0.187. The molecule has 0 saturated carbocycles. The Labute approximate surface area is 199 Å². The highest BCUT2D eigenvalue weighted by atomic mass is 32.1. The first-order valence-electron chi connectivity index (χ1n) is 9.94. The van der Waals surface area contributed by atoms with Crippen molar-refractivity contribution in [3.05, 3.63) is 94.0 Å². The Hall–Kier alpha value is -4.57. The summed E-state index contributed by atoms with van der Waals surface area (Å²) >= 11 is 5.22. The highest BCUT2D eigenvalue weighted by Crippen LogP contribution is 2.30. The number of ether oxygens (including phenoxy) is 2. The molecular formula is C24H17N3O6S. The summed E-state index contributed by atoms with van der Waals surface area (Å²) in [5, 5.41) is 13.7. The molecule has 170 valence electrons. The lowest BCUT2D eigenvalue weighted by atomic mass is 10.1. The van der Waals surface area contributed by atoms with Gasteiger partial charge in [0.1, 0.15) is 17.1 Å². The fourth-order valence-electron chi connectivity index (χ4n) is 3.29. The zero-order chi connectivity index (χ0) is 24.2. The van der Waals surface area contributed by atoms with Crippen molar-refractivity contribution in [1.82, 2.24) is 5.32 Å². The summed E-state index contributed by atoms with van der Waals surface area (Å²) in [6, 6.07) is 19.9. The van der Waals surface area contributed by atoms with Gasteiger partial charge in [-0.15, -0.1) is 0 Å². The fourth-order valence-corrected chi connectivity index (χ4v) is 3.57. The first-order chi connectivity index (χ1) is 16.4. The molecule has 0 bridgehead atoms. The maximum absolute atomic E-state index is 13.2. The van der Waals surface area contributed by atoms with E-state index in [2.05, 4.69) is 5.32 Å². The molecule has 0 atom stereocenters. The minimum absolute atomic E-state index is 0.0622. The van der Waals surface area contributed by atoms with E-state index in [1.165, 1.54) is 36.3 Å². The molecule has 0 spiro atoms. The van der Waals surface area contributed by atoms with Gasteiger partial charge in [-0.3, -0.25) is 29.9 Å². The molecular weight excluding hydrogens is 458 g/mol. The number of carbonyl (C=O) groups is 2. The number of methoxy groups -OCH3 is 1. The SMILES string of the molecule is COc1ccc(/C=C2\C(=O)NC(=S)N(c3ccc(Oc4ccccc4)cc3)C2=O)cc1[N+](=O)[O-]. The van der Waals surface area contributed by atoms with Crippen LogP contribution in [0.25, 0.3) is 6.08 Å². The summed E-state index contributed by atoms with van der Waals surface area (Å²) in [4.78, 5) is 37.6. The molecule has 1 aliphatic rings. The lowest BCUT2D eigenvalue weighted by Crippen LogP contribution is -2.54. The molecule has 1 N–H and O–H groups in total. The van der Waals surface area contributed by atoms with E-state index in [1.54, 1.807) is 24.3 Å². The first kappa shape index (κ1) is 22.6. The molecule has 3 aromatic rings. The Morgan fingerprint density at radius 2 is 1.68 bits per heavy atom. The zero-order valence-corrected chi connectivity index (χ0v) is 18.6. The van der Waals surface area contributed by atoms with Crippen LogP contribution in [0, 0.1) is 10.1 Å². The number of anilines is 1. The molecule has 1 fully saturated rings. The van der Waals surface area contributed by atoms with Gasteiger partial charge in [0.05, 0.1) is 17.7 Å². The first-order valence-corrected chi connectivity index (χ1v) is 10.3. The van der Waals surface area contributed by atoms with E-state index in [-0.39, 0.29) is 27.7 Å². The van der Waals surface area contributed by atoms with Crippen molar-refractivity contribution < 1.29 is 24.0 Å². The number of hydrogen-bond donors (Lipinski definition) is 1. The van der Waals surface area contributed by atoms with Crippen molar-refractivity contribution in [3.63, 3.8) is 0 Å². The van der Waals surface area contributed by atoms with Crippen LogP contribution < -0.4 is 19.7 Å². The van der Waals surface area contributed by atoms with Gasteiger partial charge in [0.25, 0.3) is 11.8 Å². The van der Waals surface area contributed by atoms with E-state index in [0.717, 1.165) is 0 Å². The number of nitro groups is 1. The topological polar surface area (TPSA) is 111 Å². The molecule has 0 aliphatic carbocycles. The van der Waals surface area contributed by atoms with E-state index < -0.39 is 16.7 Å². The monoisotopic (exact) mass is 475 g/mol. The number of amides is 2. The van der Waals surface area contributed by atoms with Crippen LogP contribution in [0.4, 0.5) is 11.4 Å². The lowest BCUT2D eigenvalue weighted by molar-refractivity contribution is -0.385. The van der Waals surface area contributed by atoms with Crippen molar-refractivity contribution in [2.24, 2.45) is 0 Å². The molecule has 4 rings (SSSR count). The van der Waals surface area contributed by atoms with E-state index >= 15 is 0 Å². The fraction of sp³-hybridized carbons (Fsp3) is 0.0417. The van der Waals surface area contributed by atoms with Crippen LogP contribution in [0.3, 0.4) is 0 Å². The Bertz CT molecular complexity index is 1320. The number of hydrogen-bond acceptors (Lipinski definition) is 7. The Morgan fingerprint density at radius 1 is 1.00 bits per heavy atom. The van der Waals surface area contributed by atoms with E-state index in [1.807, 2.05) is 30.3 Å². The van der Waals surface area contributed by atoms with E-state index in [4.69, 9.17) is 21.7 Å². The Balaban J connectivity index is 1.62. The van der Waals surface area contributed by atoms with Crippen molar-refractivity contribution >= 4 is 46.6 Å². The van der Waals surface area contributed by atoms with Gasteiger partial charge in [-0.05, 0) is 66.3 Å². The molecule has 1 aliphatic heterocycles. The van der Waals surface area contributed by atoms with Gasteiger partial charge >= 0.3 is 5.69 Å². The molecule has 34 heavy (non-hydrogen) atoms. The molecule has 1 heterocycles. The van der Waals surface area contributed by atoms with Crippen LogP contribution in [0.1, 0.15) is 5.56 Å². The predicted molar refractivity (Wildman–Crippen MR) is 129 cm³/mol. The Morgan fingerprint density at radius 3 is 2.32 bits per heavy atom. The van der Waals surface area contributed by atoms with Gasteiger partial charge in [-0.1, -0.05) is 24.3 Å². The summed E-state index contributed by atoms with van der Waals surface area (Å²) in [6.45, 7) is 0. The van der Waals surface area contributed by atoms with Gasteiger partial charge in [0, 0.05) is 6.07 Å². The standard InChI is InChI=1S/C24H17N3O6S/c1-32-21-12-7-15(14-20(21)27(30)31)13-19-22(28)25-24(34)26(23(19)29)16-8-10-18(11-9-16)33-17-5-3-2-4-6-17/h2-14H,1H3,(H,25,28,34)/b19-13+. The van der Waals surface area contributed by atoms with Gasteiger partial charge in [0.15, 0.2) is 10.9 Å². The number of nitrogens with one attached hydrogen (secondary N) is 1. The maximum atomic E-state index is 13.2. The molecule has 0 radical (unpaired) electrons. The largest absolute Gasteiger partial charge is 0.490 e. The van der Waals surface area contributed by atoms with Crippen molar-refractivity contribution in [1.29, 1.82) is 0 Å². The number of nitro benzene ring substituents is 1. The van der Waals surface area contributed by atoms with Crippen LogP contribution in [0.15, 0.2) is 78.4 Å². The van der Waals surface area contributed by atoms with Crippen LogP contribution in [-0.2, 0) is 9.59 Å². The van der Waals surface area contributed by atoms with Gasteiger partial charge < -0.3 is 9.47 Å². The Kier molecular flexibility index (Phi) is 6.33. The van der Waals surface area contributed by atoms with Gasteiger partial charge in [-0.25, -0.2) is 0 Å². The average Bonchev–Trinajstić information content (AvgIpc) is 2.83. The minimum atomic E-state index is -0.700. The van der Waals surface area contributed by atoms with Crippen molar-refractivity contribution in [3.8, 4) is 17.2 Å². The lowest BCUT2D eigenvalue weighted by Gasteiger charge is -2.29. The third kappa shape index (κ3) is 4.62. The van der Waals surface area contributed by atoms with E-state index in [9.17, 15) is 19.7 Å². The summed E-state index contributed by atoms with van der Waals surface area (Å²) < 4.78 is 10.7. The summed E-state index contributed by atoms with van der Waals surface area (Å²) in [7, 11) is 1.31. The predicted octanol–water partition coefficient (Wildman–Crippen LogP) is 4.23. The smallest absolute Gasteiger partial charge is 0.311 e. The van der Waals surface area contributed by atoms with Crippen LogP contribution in [-0.4, -0.2) is 29.0 Å². The number of carbonyl (C=O) groups excluding carboxylic acids is 2. The molecule has 9 nitrogen and oxygen atoms in total. The normalized spacial score (nSPS) is 14.7. The second-order valence-corrected chi connectivity index (χ2v) is 7.44. The average molecular weight is 475 g/mol. The van der Waals surface area contributed by atoms with E-state index in [0.29, 0.717) is 17.2 Å². The summed E-state index contributed by atoms with van der Waals surface area (Å²) in [5.41, 5.74) is 0.187. The third-order valence-electron chi connectivity index (χ3n) is 4.89. The highest BCUT2D eigenvalue weighted by Gasteiger charge is 2.34. The number of benzene rings is 3. The van der Waals surface area contributed by atoms with Gasteiger partial charge in [0.2, 0.25) is 0 Å². The second kappa shape index (κ2) is 9.51. The molecule has 1 saturated heterocycles. The molecule has 0 unspecified atom stereocenters. The summed E-state index contributed by atoms with van der Waals surface area (Å²) in [5.74, 6) is -0.0913. The van der Waals surface area contributed by atoms with Crippen LogP contribution in [0.2, 0.25) is 0 Å². The third-order valence-corrected chi connectivity index (χ3v) is 5.17. The maximum Gasteiger partial charge on any atom is 0.311 e. The van der Waals surface area contributed by atoms with Crippen LogP contribution >= 0.6 is 12.2 Å². The van der Waals surface area contributed by atoms with Crippen molar-refractivity contribution in [2.75, 3.05) is 12.0 Å². The van der Waals surface area contributed by atoms with Gasteiger partial charge in [-0.2, -0.15) is 0 Å². The second-order valence-electron chi connectivity index (χ2n) is 7.06. The number of para-hydroxylation sites is 1. The highest BCUT2D eigenvalue weighted by molar-refractivity contribution is 7.80. The molecule has 2 amide bonds. The molecule has 0 aromatic heterocycles. The van der Waals surface area contributed by atoms with Crippen LogP contribution in [0.5, 0.6) is 17.2 Å². The minimum Gasteiger partial charge on any atom is -0.490 e. The summed E-state index contributed by atoms with van der Waals surface area (Å²) in [6.07, 6.45) is 1.27. The number of rotatable bonds is 6. The molecule has 10 heteroatoms. The zero-order valence-electron chi connectivity index (χ0n) is 17.8. The molecule has 3 aromatic carbocycles. The number of thiocarbonyl (C=S) groups is 1. The van der Waals surface area contributed by atoms with Crippen molar-refractivity contribution in [2.45, 2.75) is 0 Å².